The monoisotopic (exact) mass is 512 g/mol. The van der Waals surface area contributed by atoms with Gasteiger partial charge in [-0.05, 0) is 70.3 Å². The van der Waals surface area contributed by atoms with Crippen molar-refractivity contribution in [3.63, 3.8) is 0 Å². The Morgan fingerprint density at radius 2 is 1.81 bits per heavy atom. The van der Waals surface area contributed by atoms with Gasteiger partial charge in [-0.15, -0.1) is 6.58 Å². The molecule has 0 spiro atoms. The van der Waals surface area contributed by atoms with Gasteiger partial charge in [-0.1, -0.05) is 77.8 Å². The number of amides is 1. The summed E-state index contributed by atoms with van der Waals surface area (Å²) >= 11 is 12.2. The molecule has 0 heterocycles. The number of rotatable bonds is 8. The van der Waals surface area contributed by atoms with Crippen molar-refractivity contribution in [2.75, 3.05) is 5.32 Å². The number of hydrogen-bond acceptors (Lipinski definition) is 3. The smallest absolute Gasteiger partial charge is 0.266 e. The van der Waals surface area contributed by atoms with E-state index in [2.05, 4.69) is 42.2 Å². The number of allylic oxidation sites excluding steroid dienone is 1. The Morgan fingerprint density at radius 1 is 1.00 bits per heavy atom. The topological polar surface area (TPSA) is 62.1 Å². The lowest BCUT2D eigenvalue weighted by Gasteiger charge is -2.12. The summed E-state index contributed by atoms with van der Waals surface area (Å²) in [6.07, 6.45) is 3.87. The minimum Gasteiger partial charge on any atom is -0.489 e. The van der Waals surface area contributed by atoms with E-state index in [4.69, 9.17) is 27.9 Å². The Kier molecular flexibility index (Phi) is 8.07. The first-order chi connectivity index (χ1) is 17.5. The van der Waals surface area contributed by atoms with Crippen molar-refractivity contribution >= 4 is 51.6 Å². The maximum atomic E-state index is 12.7. The quantitative estimate of drug-likeness (QED) is 0.148. The molecule has 0 aliphatic carbocycles. The van der Waals surface area contributed by atoms with Crippen molar-refractivity contribution in [3.05, 3.63) is 124 Å². The van der Waals surface area contributed by atoms with Gasteiger partial charge in [0.15, 0.2) is 0 Å². The second kappa shape index (κ2) is 11.6. The molecular weight excluding hydrogens is 491 g/mol. The van der Waals surface area contributed by atoms with Crippen molar-refractivity contribution in [1.82, 2.24) is 0 Å². The number of hydrogen-bond donors (Lipinski definition) is 1. The molecule has 1 amide bonds. The second-order valence-corrected chi connectivity index (χ2v) is 8.84. The molecule has 178 valence electrons. The predicted octanol–water partition coefficient (Wildman–Crippen LogP) is 8.00. The molecule has 0 unspecified atom stereocenters. The number of fused-ring (bicyclic) bond motifs is 1. The molecule has 0 bridgehead atoms. The van der Waals surface area contributed by atoms with E-state index >= 15 is 0 Å². The highest BCUT2D eigenvalue weighted by atomic mass is 35.5. The molecule has 1 N–H and O–H groups in total. The third-order valence-corrected chi connectivity index (χ3v) is 6.35. The lowest BCUT2D eigenvalue weighted by molar-refractivity contribution is -0.112. The molecule has 4 rings (SSSR count). The van der Waals surface area contributed by atoms with E-state index in [1.54, 1.807) is 30.3 Å². The van der Waals surface area contributed by atoms with Crippen LogP contribution in [0.5, 0.6) is 5.75 Å². The average molecular weight is 513 g/mol. The van der Waals surface area contributed by atoms with E-state index in [0.717, 1.165) is 16.5 Å². The zero-order chi connectivity index (χ0) is 25.5. The van der Waals surface area contributed by atoms with E-state index in [1.807, 2.05) is 30.3 Å². The van der Waals surface area contributed by atoms with Gasteiger partial charge in [-0.3, -0.25) is 4.79 Å². The van der Waals surface area contributed by atoms with Crippen LogP contribution in [-0.4, -0.2) is 5.91 Å². The first-order valence-electron chi connectivity index (χ1n) is 11.2. The Hall–Kier alpha value is -4.04. The van der Waals surface area contributed by atoms with E-state index in [1.165, 1.54) is 11.5 Å². The van der Waals surface area contributed by atoms with Gasteiger partial charge in [0.1, 0.15) is 24.0 Å². The predicted molar refractivity (Wildman–Crippen MR) is 147 cm³/mol. The highest BCUT2D eigenvalue weighted by Crippen LogP contribution is 2.30. The van der Waals surface area contributed by atoms with Crippen LogP contribution in [0, 0.1) is 11.3 Å². The van der Waals surface area contributed by atoms with Crippen LogP contribution in [0.1, 0.15) is 16.7 Å². The minimum atomic E-state index is -0.580. The standard InChI is InChI=1S/C30H22Cl2N2O2/c1-2-6-24-15-20(16-25(18-33)30(35)34-27-10-5-9-26(31)29(27)32)12-14-28(24)36-19-21-11-13-22-7-3-4-8-23(22)17-21/h2-5,7-17H,1,6,19H2,(H,34,35)/b25-16-. The van der Waals surface area contributed by atoms with Crippen molar-refractivity contribution in [1.29, 1.82) is 5.26 Å². The molecular formula is C30H22Cl2N2O2. The van der Waals surface area contributed by atoms with Crippen LogP contribution >= 0.6 is 23.2 Å². The first kappa shape index (κ1) is 25.1. The van der Waals surface area contributed by atoms with Crippen LogP contribution < -0.4 is 10.1 Å². The molecule has 4 nitrogen and oxygen atoms in total. The molecule has 0 saturated heterocycles. The van der Waals surface area contributed by atoms with Crippen LogP contribution in [0.4, 0.5) is 5.69 Å². The van der Waals surface area contributed by atoms with Crippen LogP contribution in [0.3, 0.4) is 0 Å². The summed E-state index contributed by atoms with van der Waals surface area (Å²) in [6, 6.07) is 26.8. The lowest BCUT2D eigenvalue weighted by atomic mass is 10.0. The third kappa shape index (κ3) is 5.95. The fraction of sp³-hybridized carbons (Fsp3) is 0.0667. The Morgan fingerprint density at radius 3 is 2.58 bits per heavy atom. The van der Waals surface area contributed by atoms with Gasteiger partial charge in [0.25, 0.3) is 5.91 Å². The van der Waals surface area contributed by atoms with Gasteiger partial charge in [0, 0.05) is 0 Å². The fourth-order valence-corrected chi connectivity index (χ4v) is 4.09. The summed E-state index contributed by atoms with van der Waals surface area (Å²) < 4.78 is 6.12. The van der Waals surface area contributed by atoms with Crippen molar-refractivity contribution in [3.8, 4) is 11.8 Å². The number of carbonyl (C=O) groups is 1. The normalized spacial score (nSPS) is 11.1. The van der Waals surface area contributed by atoms with Crippen LogP contribution in [0.2, 0.25) is 10.0 Å². The molecule has 4 aromatic rings. The number of anilines is 1. The first-order valence-corrected chi connectivity index (χ1v) is 12.0. The SMILES string of the molecule is C=CCc1cc(/C=C(/C#N)C(=O)Nc2cccc(Cl)c2Cl)ccc1OCc1ccc2ccccc2c1. The summed E-state index contributed by atoms with van der Waals surface area (Å²) in [5.74, 6) is 0.137. The molecule has 0 fully saturated rings. The van der Waals surface area contributed by atoms with E-state index in [-0.39, 0.29) is 10.6 Å². The second-order valence-electron chi connectivity index (χ2n) is 8.06. The third-order valence-electron chi connectivity index (χ3n) is 5.53. The molecule has 4 aromatic carbocycles. The summed E-state index contributed by atoms with van der Waals surface area (Å²) in [4.78, 5) is 12.7. The molecule has 36 heavy (non-hydrogen) atoms. The molecule has 0 aliphatic heterocycles. The van der Waals surface area contributed by atoms with E-state index in [0.29, 0.717) is 35.1 Å². The molecule has 0 atom stereocenters. The van der Waals surface area contributed by atoms with Gasteiger partial charge < -0.3 is 10.1 Å². The lowest BCUT2D eigenvalue weighted by Crippen LogP contribution is -2.13. The van der Waals surface area contributed by atoms with Gasteiger partial charge in [-0.2, -0.15) is 5.26 Å². The van der Waals surface area contributed by atoms with Crippen molar-refractivity contribution in [2.45, 2.75) is 13.0 Å². The van der Waals surface area contributed by atoms with Gasteiger partial charge in [0.05, 0.1) is 15.7 Å². The molecule has 0 saturated carbocycles. The Balaban J connectivity index is 1.53. The fourth-order valence-electron chi connectivity index (χ4n) is 3.74. The minimum absolute atomic E-state index is 0.0690. The largest absolute Gasteiger partial charge is 0.489 e. The summed E-state index contributed by atoms with van der Waals surface area (Å²) in [7, 11) is 0. The number of carbonyl (C=O) groups excluding carboxylic acids is 1. The van der Waals surface area contributed by atoms with Crippen LogP contribution in [0.15, 0.2) is 97.1 Å². The Bertz CT molecular complexity index is 1520. The highest BCUT2D eigenvalue weighted by Gasteiger charge is 2.13. The number of halogens is 2. The highest BCUT2D eigenvalue weighted by molar-refractivity contribution is 6.44. The zero-order valence-electron chi connectivity index (χ0n) is 19.3. The molecule has 0 aromatic heterocycles. The maximum absolute atomic E-state index is 12.7. The average Bonchev–Trinajstić information content (AvgIpc) is 2.89. The van der Waals surface area contributed by atoms with E-state index in [9.17, 15) is 10.1 Å². The zero-order valence-corrected chi connectivity index (χ0v) is 20.8. The number of nitrogens with one attached hydrogen (secondary N) is 1. The summed E-state index contributed by atoms with van der Waals surface area (Å²) in [5, 5.41) is 15.1. The maximum Gasteiger partial charge on any atom is 0.266 e. The summed E-state index contributed by atoms with van der Waals surface area (Å²) in [6.45, 7) is 4.25. The molecule has 0 radical (unpaired) electrons. The molecule has 0 aliphatic rings. The molecule has 6 heteroatoms. The van der Waals surface area contributed by atoms with Crippen LogP contribution in [0.25, 0.3) is 16.8 Å². The number of nitrogens with zero attached hydrogens (tertiary/aromatic N) is 1. The van der Waals surface area contributed by atoms with Crippen molar-refractivity contribution < 1.29 is 9.53 Å². The Labute approximate surface area is 220 Å². The van der Waals surface area contributed by atoms with Crippen LogP contribution in [-0.2, 0) is 17.8 Å². The van der Waals surface area contributed by atoms with Gasteiger partial charge in [0.2, 0.25) is 0 Å². The van der Waals surface area contributed by atoms with Gasteiger partial charge in [-0.25, -0.2) is 0 Å². The number of benzene rings is 4. The summed E-state index contributed by atoms with van der Waals surface area (Å²) in [5.41, 5.74) is 2.91. The number of nitriles is 1. The van der Waals surface area contributed by atoms with Crippen molar-refractivity contribution in [2.24, 2.45) is 0 Å². The van der Waals surface area contributed by atoms with Gasteiger partial charge >= 0.3 is 0 Å². The van der Waals surface area contributed by atoms with E-state index < -0.39 is 5.91 Å². The number of ether oxygens (including phenoxy) is 1.